The number of hydrogen-bond acceptors (Lipinski definition) is 4. The Bertz CT molecular complexity index is 1330. The molecule has 4 rings (SSSR count). The second-order valence-corrected chi connectivity index (χ2v) is 12.5. The van der Waals surface area contributed by atoms with Crippen molar-refractivity contribution >= 4 is 56.3 Å². The van der Waals surface area contributed by atoms with Gasteiger partial charge in [0.1, 0.15) is 11.2 Å². The number of rotatable bonds is 5. The van der Waals surface area contributed by atoms with Crippen LogP contribution in [0.4, 0.5) is 17.6 Å². The van der Waals surface area contributed by atoms with Gasteiger partial charge in [-0.05, 0) is 28.8 Å². The molecule has 194 valence electrons. The summed E-state index contributed by atoms with van der Waals surface area (Å²) in [5.41, 5.74) is -3.58. The second-order valence-electron chi connectivity index (χ2n) is 9.14. The smallest absolute Gasteiger partial charge is 0.335 e. The highest BCUT2D eigenvalue weighted by Crippen LogP contribution is 2.50. The molecule has 1 saturated heterocycles. The van der Waals surface area contributed by atoms with Gasteiger partial charge in [-0.15, -0.1) is 0 Å². The number of alkyl halides is 4. The highest BCUT2D eigenvalue weighted by Gasteiger charge is 2.58. The van der Waals surface area contributed by atoms with E-state index < -0.39 is 51.7 Å². The molecule has 1 unspecified atom stereocenters. The van der Waals surface area contributed by atoms with Crippen molar-refractivity contribution in [2.75, 3.05) is 31.6 Å². The van der Waals surface area contributed by atoms with Crippen LogP contribution >= 0.6 is 34.8 Å². The van der Waals surface area contributed by atoms with Crippen molar-refractivity contribution in [2.45, 2.75) is 23.7 Å². The van der Waals surface area contributed by atoms with Crippen LogP contribution in [-0.2, 0) is 25.7 Å². The molecule has 0 aromatic heterocycles. The average Bonchev–Trinajstić information content (AvgIpc) is 3.21. The first kappa shape index (κ1) is 27.2. The molecule has 2 heterocycles. The molecule has 1 fully saturated rings. The van der Waals surface area contributed by atoms with Gasteiger partial charge in [0.15, 0.2) is 15.5 Å². The number of hydrogen-bond donors (Lipinski definition) is 0. The normalized spacial score (nSPS) is 21.8. The van der Waals surface area contributed by atoms with E-state index in [1.54, 1.807) is 0 Å². The Morgan fingerprint density at radius 2 is 1.61 bits per heavy atom. The van der Waals surface area contributed by atoms with Gasteiger partial charge in [-0.2, -0.15) is 13.2 Å². The zero-order valence-corrected chi connectivity index (χ0v) is 21.8. The first-order valence-electron chi connectivity index (χ1n) is 10.6. The predicted octanol–water partition coefficient (Wildman–Crippen LogP) is 5.39. The highest BCUT2D eigenvalue weighted by atomic mass is 35.5. The van der Waals surface area contributed by atoms with E-state index in [4.69, 9.17) is 34.8 Å². The number of halogens is 7. The molecular formula is C23H19Cl3F4N2O3S. The molecule has 2 aliphatic heterocycles. The minimum atomic E-state index is -4.67. The van der Waals surface area contributed by atoms with Crippen LogP contribution in [0, 0.1) is 0 Å². The molecule has 0 spiro atoms. The van der Waals surface area contributed by atoms with Gasteiger partial charge < -0.3 is 4.90 Å². The van der Waals surface area contributed by atoms with Crippen LogP contribution in [0.1, 0.15) is 23.1 Å². The number of carbonyl (C=O) groups excluding carboxylic acids is 1. The zero-order valence-electron chi connectivity index (χ0n) is 18.7. The Hall–Kier alpha value is -1.88. The lowest BCUT2D eigenvalue weighted by Crippen LogP contribution is -2.59. The van der Waals surface area contributed by atoms with Gasteiger partial charge in [0.2, 0.25) is 5.91 Å². The predicted molar refractivity (Wildman–Crippen MR) is 131 cm³/mol. The molecule has 1 amide bonds. The number of aliphatic imine (C=N–C) groups is 1. The van der Waals surface area contributed by atoms with Crippen LogP contribution in [0.2, 0.25) is 15.1 Å². The quantitative estimate of drug-likeness (QED) is 0.349. The Balaban J connectivity index is 1.52. The van der Waals surface area contributed by atoms with Crippen molar-refractivity contribution in [3.63, 3.8) is 0 Å². The zero-order chi connectivity index (χ0) is 26.7. The molecule has 36 heavy (non-hydrogen) atoms. The third-order valence-corrected chi connectivity index (χ3v) is 8.41. The van der Waals surface area contributed by atoms with Crippen LogP contribution in [0.5, 0.6) is 0 Å². The van der Waals surface area contributed by atoms with Crippen molar-refractivity contribution in [1.29, 1.82) is 0 Å². The maximum atomic E-state index is 15.2. The average molecular weight is 586 g/mol. The summed E-state index contributed by atoms with van der Waals surface area (Å²) in [6.07, 6.45) is -4.23. The molecule has 0 radical (unpaired) electrons. The molecular weight excluding hydrogens is 567 g/mol. The summed E-state index contributed by atoms with van der Waals surface area (Å²) in [6, 6.07) is 8.10. The minimum absolute atomic E-state index is 0.0399. The summed E-state index contributed by atoms with van der Waals surface area (Å²) in [5.74, 6) is -1.39. The Kier molecular flexibility index (Phi) is 6.90. The fourth-order valence-corrected chi connectivity index (χ4v) is 5.62. The van der Waals surface area contributed by atoms with Gasteiger partial charge in [-0.1, -0.05) is 59.1 Å². The fourth-order valence-electron chi connectivity index (χ4n) is 4.39. The SMILES string of the molecule is CS(=O)(=O)CC(=O)N1CC(F)(c2ccc(C3=NCC(c4cc(Cl)c(Cl)c(Cl)c4)(C(F)(F)F)C3)cc2)C1. The Labute approximate surface area is 220 Å². The van der Waals surface area contributed by atoms with Crippen molar-refractivity contribution in [1.82, 2.24) is 4.90 Å². The van der Waals surface area contributed by atoms with Crippen molar-refractivity contribution in [3.05, 3.63) is 68.2 Å². The number of carbonyl (C=O) groups is 1. The van der Waals surface area contributed by atoms with Crippen molar-refractivity contribution in [3.8, 4) is 0 Å². The van der Waals surface area contributed by atoms with Gasteiger partial charge in [-0.25, -0.2) is 12.8 Å². The summed E-state index contributed by atoms with van der Waals surface area (Å²) in [7, 11) is -3.54. The first-order valence-corrected chi connectivity index (χ1v) is 13.7. The van der Waals surface area contributed by atoms with Crippen LogP contribution in [-0.4, -0.2) is 62.8 Å². The monoisotopic (exact) mass is 584 g/mol. The van der Waals surface area contributed by atoms with E-state index in [2.05, 4.69) is 4.99 Å². The number of likely N-dealkylation sites (tertiary alicyclic amines) is 1. The molecule has 2 aromatic carbocycles. The number of nitrogens with zero attached hydrogens (tertiary/aromatic N) is 2. The van der Waals surface area contributed by atoms with Crippen LogP contribution < -0.4 is 0 Å². The van der Waals surface area contributed by atoms with Gasteiger partial charge in [0.05, 0.1) is 34.7 Å². The lowest BCUT2D eigenvalue weighted by Gasteiger charge is -2.44. The van der Waals surface area contributed by atoms with Gasteiger partial charge in [0.25, 0.3) is 0 Å². The molecule has 5 nitrogen and oxygen atoms in total. The van der Waals surface area contributed by atoms with E-state index in [0.717, 1.165) is 23.3 Å². The fraction of sp³-hybridized carbons (Fsp3) is 0.391. The lowest BCUT2D eigenvalue weighted by atomic mass is 9.76. The van der Waals surface area contributed by atoms with E-state index in [0.29, 0.717) is 5.56 Å². The molecule has 1 atom stereocenters. The summed E-state index contributed by atoms with van der Waals surface area (Å²) in [4.78, 5) is 17.2. The van der Waals surface area contributed by atoms with E-state index in [-0.39, 0.29) is 45.0 Å². The Morgan fingerprint density at radius 3 is 2.11 bits per heavy atom. The summed E-state index contributed by atoms with van der Waals surface area (Å²) in [6.45, 7) is -1.19. The van der Waals surface area contributed by atoms with E-state index in [1.807, 2.05) is 0 Å². The molecule has 0 saturated carbocycles. The third-order valence-electron chi connectivity index (χ3n) is 6.44. The van der Waals surface area contributed by atoms with E-state index in [1.165, 1.54) is 24.3 Å². The van der Waals surface area contributed by atoms with Crippen molar-refractivity contribution in [2.24, 2.45) is 4.99 Å². The summed E-state index contributed by atoms with van der Waals surface area (Å²) in [5, 5.41) is -0.237. The van der Waals surface area contributed by atoms with Crippen LogP contribution in [0.15, 0.2) is 41.4 Å². The molecule has 13 heteroatoms. The maximum Gasteiger partial charge on any atom is 0.400 e. The van der Waals surface area contributed by atoms with Gasteiger partial charge >= 0.3 is 6.18 Å². The van der Waals surface area contributed by atoms with Crippen molar-refractivity contribution < 1.29 is 30.8 Å². The standard InChI is InChI=1S/C23H19Cl3F4N2O3S/c1-36(34,35)9-19(33)32-11-22(27,12-32)14-4-2-13(3-5-14)18-8-21(10-31-18,23(28,29)30)15-6-16(24)20(26)17(25)7-15/h2-7H,8-12H2,1H3. The highest BCUT2D eigenvalue weighted by molar-refractivity contribution is 7.91. The minimum Gasteiger partial charge on any atom is -0.335 e. The van der Waals surface area contributed by atoms with E-state index >= 15 is 4.39 Å². The molecule has 0 bridgehead atoms. The van der Waals surface area contributed by atoms with E-state index in [9.17, 15) is 26.4 Å². The molecule has 0 aliphatic carbocycles. The molecule has 0 N–H and O–H groups in total. The van der Waals surface area contributed by atoms with Crippen LogP contribution in [0.25, 0.3) is 0 Å². The largest absolute Gasteiger partial charge is 0.400 e. The molecule has 2 aliphatic rings. The topological polar surface area (TPSA) is 66.8 Å². The number of sulfone groups is 1. The summed E-state index contributed by atoms with van der Waals surface area (Å²) < 4.78 is 80.8. The maximum absolute atomic E-state index is 15.2. The van der Waals surface area contributed by atoms with Gasteiger partial charge in [0, 0.05) is 18.4 Å². The number of benzene rings is 2. The number of amides is 1. The lowest BCUT2D eigenvalue weighted by molar-refractivity contribution is -0.183. The third kappa shape index (κ3) is 4.97. The summed E-state index contributed by atoms with van der Waals surface area (Å²) >= 11 is 17.9. The molecule has 2 aromatic rings. The first-order chi connectivity index (χ1) is 16.5. The second kappa shape index (κ2) is 9.15. The Morgan fingerprint density at radius 1 is 1.06 bits per heavy atom. The van der Waals surface area contributed by atoms with Gasteiger partial charge in [-0.3, -0.25) is 9.79 Å². The van der Waals surface area contributed by atoms with Crippen LogP contribution in [0.3, 0.4) is 0 Å².